The summed E-state index contributed by atoms with van der Waals surface area (Å²) in [5.74, 6) is -0.784. The summed E-state index contributed by atoms with van der Waals surface area (Å²) in [5.41, 5.74) is -1.33. The first kappa shape index (κ1) is 17.8. The van der Waals surface area contributed by atoms with Crippen molar-refractivity contribution < 1.29 is 19.4 Å². The number of nitro groups is 2. The van der Waals surface area contributed by atoms with Crippen molar-refractivity contribution in [3.8, 4) is 11.4 Å². The molecule has 0 aliphatic heterocycles. The molecule has 27 heavy (non-hydrogen) atoms. The number of nitro benzene ring substituents is 2. The van der Waals surface area contributed by atoms with Gasteiger partial charge in [-0.1, -0.05) is 6.07 Å². The Balaban J connectivity index is 2.34. The lowest BCUT2D eigenvalue weighted by Crippen LogP contribution is -2.11. The first-order chi connectivity index (χ1) is 12.9. The number of carbonyl (C=O) groups excluding carboxylic acids is 1. The zero-order chi connectivity index (χ0) is 19.6. The molecule has 0 aliphatic carbocycles. The maximum Gasteiger partial charge on any atom is 0.359 e. The Bertz CT molecular complexity index is 1070. The van der Waals surface area contributed by atoms with Crippen molar-refractivity contribution in [3.05, 3.63) is 62.5 Å². The third kappa shape index (κ3) is 3.38. The molecule has 3 rings (SSSR count). The summed E-state index contributed by atoms with van der Waals surface area (Å²) in [7, 11) is 0. The molecule has 0 aliphatic rings. The predicted octanol–water partition coefficient (Wildman–Crippen LogP) is 2.68. The van der Waals surface area contributed by atoms with Gasteiger partial charge in [0.15, 0.2) is 5.69 Å². The number of hydrogen-bond donors (Lipinski definition) is 0. The molecule has 0 saturated heterocycles. The van der Waals surface area contributed by atoms with E-state index < -0.39 is 27.2 Å². The second-order valence-corrected chi connectivity index (χ2v) is 5.20. The van der Waals surface area contributed by atoms with Gasteiger partial charge in [-0.15, -0.1) is 0 Å². The highest BCUT2D eigenvalue weighted by atomic mass is 16.6. The molecular weight excluding hydrogens is 358 g/mol. The van der Waals surface area contributed by atoms with Gasteiger partial charge in [-0.2, -0.15) is 0 Å². The highest BCUT2D eigenvalue weighted by Gasteiger charge is 2.28. The van der Waals surface area contributed by atoms with Crippen molar-refractivity contribution in [2.45, 2.75) is 6.92 Å². The van der Waals surface area contributed by atoms with Crippen molar-refractivity contribution in [2.75, 3.05) is 6.61 Å². The van der Waals surface area contributed by atoms with E-state index >= 15 is 0 Å². The van der Waals surface area contributed by atoms with E-state index in [0.717, 1.165) is 12.1 Å². The number of fused-ring (bicyclic) bond motifs is 1. The van der Waals surface area contributed by atoms with E-state index in [1.807, 2.05) is 0 Å². The summed E-state index contributed by atoms with van der Waals surface area (Å²) < 4.78 is 4.97. The fourth-order valence-electron chi connectivity index (χ4n) is 2.40. The van der Waals surface area contributed by atoms with Gasteiger partial charge in [-0.3, -0.25) is 25.2 Å². The van der Waals surface area contributed by atoms with Crippen LogP contribution in [0.4, 0.5) is 11.4 Å². The van der Waals surface area contributed by atoms with Crippen LogP contribution in [0.3, 0.4) is 0 Å². The minimum absolute atomic E-state index is 0.0148. The molecule has 11 heteroatoms. The zero-order valence-corrected chi connectivity index (χ0v) is 13.9. The summed E-state index contributed by atoms with van der Waals surface area (Å²) >= 11 is 0. The van der Waals surface area contributed by atoms with Gasteiger partial charge in [-0.05, 0) is 19.1 Å². The van der Waals surface area contributed by atoms with Gasteiger partial charge in [0, 0.05) is 6.20 Å². The summed E-state index contributed by atoms with van der Waals surface area (Å²) in [4.78, 5) is 45.3. The Kier molecular flexibility index (Phi) is 4.66. The van der Waals surface area contributed by atoms with E-state index in [9.17, 15) is 25.0 Å². The maximum absolute atomic E-state index is 12.3. The van der Waals surface area contributed by atoms with Gasteiger partial charge in [0.25, 0.3) is 0 Å². The number of benzene rings is 1. The Hall–Kier alpha value is -4.02. The molecule has 136 valence electrons. The number of carbonyl (C=O) groups is 1. The maximum atomic E-state index is 12.3. The largest absolute Gasteiger partial charge is 0.461 e. The fourth-order valence-corrected chi connectivity index (χ4v) is 2.40. The summed E-state index contributed by atoms with van der Waals surface area (Å²) in [6.45, 7) is 1.70. The van der Waals surface area contributed by atoms with Crippen molar-refractivity contribution >= 4 is 28.4 Å². The molecule has 0 unspecified atom stereocenters. The lowest BCUT2D eigenvalue weighted by atomic mass is 10.1. The SMILES string of the molecule is CCOC(=O)c1nc2cc([N+](=O)[O-])c([N+](=O)[O-])cc2nc1-c1ccccn1. The predicted molar refractivity (Wildman–Crippen MR) is 92.0 cm³/mol. The van der Waals surface area contributed by atoms with Crippen molar-refractivity contribution in [1.29, 1.82) is 0 Å². The molecule has 3 aromatic rings. The van der Waals surface area contributed by atoms with Crippen LogP contribution in [-0.4, -0.2) is 37.4 Å². The van der Waals surface area contributed by atoms with Gasteiger partial charge in [0.1, 0.15) is 5.69 Å². The lowest BCUT2D eigenvalue weighted by Gasteiger charge is -2.09. The van der Waals surface area contributed by atoms with Crippen LogP contribution in [0.25, 0.3) is 22.4 Å². The zero-order valence-electron chi connectivity index (χ0n) is 13.9. The average Bonchev–Trinajstić information content (AvgIpc) is 2.66. The van der Waals surface area contributed by atoms with E-state index in [1.165, 1.54) is 6.20 Å². The molecule has 2 aromatic heterocycles. The van der Waals surface area contributed by atoms with E-state index in [4.69, 9.17) is 4.74 Å². The van der Waals surface area contributed by atoms with Crippen LogP contribution in [0, 0.1) is 20.2 Å². The van der Waals surface area contributed by atoms with Crippen LogP contribution < -0.4 is 0 Å². The number of aromatic nitrogens is 3. The first-order valence-corrected chi connectivity index (χ1v) is 7.65. The summed E-state index contributed by atoms with van der Waals surface area (Å²) in [5, 5.41) is 22.3. The molecule has 0 fully saturated rings. The molecule has 0 bridgehead atoms. The Morgan fingerprint density at radius 2 is 1.70 bits per heavy atom. The second-order valence-electron chi connectivity index (χ2n) is 5.20. The third-order valence-corrected chi connectivity index (χ3v) is 3.53. The molecule has 0 atom stereocenters. The van der Waals surface area contributed by atoms with E-state index in [2.05, 4.69) is 15.0 Å². The quantitative estimate of drug-likeness (QED) is 0.375. The number of rotatable bonds is 5. The van der Waals surface area contributed by atoms with Crippen molar-refractivity contribution in [3.63, 3.8) is 0 Å². The molecule has 11 nitrogen and oxygen atoms in total. The molecule has 0 spiro atoms. The minimum Gasteiger partial charge on any atom is -0.461 e. The Morgan fingerprint density at radius 1 is 1.07 bits per heavy atom. The number of hydrogen-bond acceptors (Lipinski definition) is 9. The minimum atomic E-state index is -0.893. The van der Waals surface area contributed by atoms with Gasteiger partial charge in [-0.25, -0.2) is 14.8 Å². The number of pyridine rings is 1. The average molecular weight is 369 g/mol. The van der Waals surface area contributed by atoms with Gasteiger partial charge in [0.2, 0.25) is 0 Å². The van der Waals surface area contributed by atoms with Gasteiger partial charge >= 0.3 is 17.3 Å². The van der Waals surface area contributed by atoms with Gasteiger partial charge < -0.3 is 4.74 Å². The monoisotopic (exact) mass is 369 g/mol. The Morgan fingerprint density at radius 3 is 2.22 bits per heavy atom. The summed E-state index contributed by atoms with van der Waals surface area (Å²) in [6, 6.07) is 6.77. The number of nitrogens with zero attached hydrogens (tertiary/aromatic N) is 5. The lowest BCUT2D eigenvalue weighted by molar-refractivity contribution is -0.422. The normalized spacial score (nSPS) is 10.6. The van der Waals surface area contributed by atoms with Gasteiger partial charge in [0.05, 0.1) is 45.3 Å². The molecular formula is C16H11N5O6. The number of esters is 1. The van der Waals surface area contributed by atoms with E-state index in [-0.39, 0.29) is 29.0 Å². The Labute approximate surface area is 151 Å². The highest BCUT2D eigenvalue weighted by Crippen LogP contribution is 2.32. The van der Waals surface area contributed by atoms with Crippen LogP contribution in [0.5, 0.6) is 0 Å². The van der Waals surface area contributed by atoms with E-state index in [0.29, 0.717) is 5.69 Å². The first-order valence-electron chi connectivity index (χ1n) is 7.65. The third-order valence-electron chi connectivity index (χ3n) is 3.53. The van der Waals surface area contributed by atoms with E-state index in [1.54, 1.807) is 25.1 Å². The molecule has 0 saturated carbocycles. The standard InChI is InChI=1S/C16H11N5O6/c1-2-27-16(22)15-14(9-5-3-4-6-17-9)18-10-7-12(20(23)24)13(21(25)26)8-11(10)19-15/h3-8H,2H2,1H3. The topological polar surface area (TPSA) is 151 Å². The molecule has 0 N–H and O–H groups in total. The fraction of sp³-hybridized carbons (Fsp3) is 0.125. The van der Waals surface area contributed by atoms with Crippen LogP contribution in [-0.2, 0) is 4.74 Å². The van der Waals surface area contributed by atoms with Crippen LogP contribution in [0.2, 0.25) is 0 Å². The smallest absolute Gasteiger partial charge is 0.359 e. The van der Waals surface area contributed by atoms with Crippen LogP contribution >= 0.6 is 0 Å². The second kappa shape index (κ2) is 7.07. The highest BCUT2D eigenvalue weighted by molar-refractivity contribution is 5.97. The molecule has 2 heterocycles. The van der Waals surface area contributed by atoms with Crippen LogP contribution in [0.1, 0.15) is 17.4 Å². The molecule has 1 aromatic carbocycles. The van der Waals surface area contributed by atoms with Crippen molar-refractivity contribution in [2.24, 2.45) is 0 Å². The molecule has 0 radical (unpaired) electrons. The number of ether oxygens (including phenoxy) is 1. The van der Waals surface area contributed by atoms with Crippen LogP contribution in [0.15, 0.2) is 36.5 Å². The molecule has 0 amide bonds. The summed E-state index contributed by atoms with van der Waals surface area (Å²) in [6.07, 6.45) is 1.48. The van der Waals surface area contributed by atoms with Crippen molar-refractivity contribution in [1.82, 2.24) is 15.0 Å².